The summed E-state index contributed by atoms with van der Waals surface area (Å²) >= 11 is 0. The minimum atomic E-state index is -0.741. The minimum absolute atomic E-state index is 0.0673. The highest BCUT2D eigenvalue weighted by atomic mass is 16.3. The summed E-state index contributed by atoms with van der Waals surface area (Å²) in [6.45, 7) is 27.0. The molecule has 2 aromatic heterocycles. The molecule has 0 aliphatic heterocycles. The number of benzene rings is 2. The van der Waals surface area contributed by atoms with E-state index >= 15 is 0 Å². The van der Waals surface area contributed by atoms with Gasteiger partial charge in [-0.25, -0.2) is 0 Å². The number of pyridine rings is 1. The van der Waals surface area contributed by atoms with E-state index < -0.39 is 12.1 Å². The number of nitroso groups, excluding NO2 is 1. The Morgan fingerprint density at radius 3 is 2.48 bits per heavy atom. The van der Waals surface area contributed by atoms with Gasteiger partial charge in [-0.3, -0.25) is 9.88 Å². The van der Waals surface area contributed by atoms with E-state index in [4.69, 9.17) is 0 Å². The predicted molar refractivity (Wildman–Crippen MR) is 234 cm³/mol. The molecule has 0 aliphatic rings. The second-order valence-corrected chi connectivity index (χ2v) is 16.4. The number of aliphatic hydroxyl groups is 1. The number of hydrogen-bond donors (Lipinski definition) is 3. The lowest BCUT2D eigenvalue weighted by Crippen LogP contribution is -2.45. The van der Waals surface area contributed by atoms with Crippen LogP contribution in [0.2, 0.25) is 0 Å². The van der Waals surface area contributed by atoms with Crippen LogP contribution in [0.25, 0.3) is 33.3 Å². The number of aromatic nitrogens is 2. The topological polar surface area (TPSA) is 112 Å². The lowest BCUT2D eigenvalue weighted by molar-refractivity contribution is -0.109. The molecule has 56 heavy (non-hydrogen) atoms. The van der Waals surface area contributed by atoms with Gasteiger partial charge in [0.15, 0.2) is 0 Å². The lowest BCUT2D eigenvalue weighted by Gasteiger charge is -2.35. The zero-order valence-corrected chi connectivity index (χ0v) is 35.1. The number of carbonyl (C=O) groups excluding carboxylic acids is 1. The molecule has 9 heteroatoms. The quantitative estimate of drug-likeness (QED) is 0.0371. The van der Waals surface area contributed by atoms with Crippen LogP contribution in [-0.2, 0) is 24.2 Å². The van der Waals surface area contributed by atoms with Crippen LogP contribution in [0.4, 0.5) is 0 Å². The van der Waals surface area contributed by atoms with Crippen LogP contribution in [0, 0.1) is 22.2 Å². The molecule has 2 aromatic carbocycles. The van der Waals surface area contributed by atoms with Crippen LogP contribution in [0.1, 0.15) is 84.2 Å². The van der Waals surface area contributed by atoms with Gasteiger partial charge in [0.1, 0.15) is 6.29 Å². The van der Waals surface area contributed by atoms with Gasteiger partial charge in [0.05, 0.1) is 36.1 Å². The van der Waals surface area contributed by atoms with Gasteiger partial charge in [0.2, 0.25) is 0 Å². The Bertz CT molecular complexity index is 1930. The Morgan fingerprint density at radius 2 is 1.84 bits per heavy atom. The fourth-order valence-electron chi connectivity index (χ4n) is 8.19. The molecule has 0 radical (unpaired) electrons. The van der Waals surface area contributed by atoms with Crippen molar-refractivity contribution in [2.45, 2.75) is 98.9 Å². The average Bonchev–Trinajstić information content (AvgIpc) is 3.48. The van der Waals surface area contributed by atoms with Crippen molar-refractivity contribution in [3.8, 4) is 22.4 Å². The molecule has 302 valence electrons. The summed E-state index contributed by atoms with van der Waals surface area (Å²) in [5, 5.41) is 22.0. The summed E-state index contributed by atoms with van der Waals surface area (Å²) in [4.78, 5) is 30.7. The Hall–Kier alpha value is -4.44. The molecule has 4 atom stereocenters. The predicted octanol–water partition coefficient (Wildman–Crippen LogP) is 9.14. The molecule has 4 rings (SSSR count). The first-order valence-corrected chi connectivity index (χ1v) is 20.4. The SMILES string of the molecule is C=CC(CCN(C)C(C(=C)NC(C=O)Cc1cccc(-c2ccc3c(c2)c(CC(C)(C)CCN=O)c(-c2cccnc2C(C)O)n3CC)c1)C(C)C)CNCC. The van der Waals surface area contributed by atoms with Crippen LogP contribution in [0.15, 0.2) is 90.9 Å². The molecule has 4 aromatic rings. The summed E-state index contributed by atoms with van der Waals surface area (Å²) < 4.78 is 2.32. The lowest BCUT2D eigenvalue weighted by atomic mass is 9.81. The van der Waals surface area contributed by atoms with Crippen molar-refractivity contribution in [2.75, 3.05) is 33.2 Å². The molecule has 0 aliphatic carbocycles. The van der Waals surface area contributed by atoms with Crippen molar-refractivity contribution >= 4 is 17.2 Å². The third kappa shape index (κ3) is 11.1. The van der Waals surface area contributed by atoms with E-state index in [9.17, 15) is 14.8 Å². The number of likely N-dealkylation sites (N-methyl/N-ethyl adjacent to an activating group) is 1. The highest BCUT2D eigenvalue weighted by molar-refractivity contribution is 5.95. The van der Waals surface area contributed by atoms with Gasteiger partial charge in [-0.15, -0.1) is 6.58 Å². The summed E-state index contributed by atoms with van der Waals surface area (Å²) in [6, 6.07) is 18.7. The maximum Gasteiger partial charge on any atom is 0.142 e. The molecule has 3 N–H and O–H groups in total. The smallest absolute Gasteiger partial charge is 0.142 e. The standard InChI is InChI=1S/C47H66N6O3/c1-11-35(30-48-12-2)21-25-52(10)45(32(4)5)33(6)51-39(31-54)27-36-16-14-17-37(26-36)38-19-20-43-41(28-38)42(29-47(8,9)22-24-50-56)46(53(43)13-3)40-18-15-23-49-44(40)34(7)55/h11,14-20,23,26,28,31-32,34-35,39,45,48,51,55H,1,6,12-13,21-22,24-25,27,29-30H2,2-5,7-10H3. The number of hydrogen-bond acceptors (Lipinski definition) is 8. The third-order valence-electron chi connectivity index (χ3n) is 11.1. The van der Waals surface area contributed by atoms with Crippen LogP contribution in [0.5, 0.6) is 0 Å². The van der Waals surface area contributed by atoms with Crippen molar-refractivity contribution < 1.29 is 9.90 Å². The van der Waals surface area contributed by atoms with Crippen LogP contribution in [0.3, 0.4) is 0 Å². The van der Waals surface area contributed by atoms with E-state index in [0.717, 1.165) is 89.0 Å². The third-order valence-corrected chi connectivity index (χ3v) is 11.1. The molecule has 0 bridgehead atoms. The normalized spacial score (nSPS) is 14.1. The van der Waals surface area contributed by atoms with E-state index in [0.29, 0.717) is 36.8 Å². The monoisotopic (exact) mass is 763 g/mol. The van der Waals surface area contributed by atoms with Crippen molar-refractivity contribution in [1.29, 1.82) is 0 Å². The maximum absolute atomic E-state index is 12.5. The number of aliphatic hydroxyl groups excluding tert-OH is 1. The number of aryl methyl sites for hydroxylation is 1. The summed E-state index contributed by atoms with van der Waals surface area (Å²) in [6.07, 6.45) is 6.91. The molecular weight excluding hydrogens is 697 g/mol. The van der Waals surface area contributed by atoms with Crippen molar-refractivity contribution in [2.24, 2.45) is 22.4 Å². The van der Waals surface area contributed by atoms with Gasteiger partial charge < -0.3 is 25.1 Å². The second-order valence-electron chi connectivity index (χ2n) is 16.4. The van der Waals surface area contributed by atoms with Crippen LogP contribution in [-0.4, -0.2) is 71.2 Å². The number of aldehydes is 1. The van der Waals surface area contributed by atoms with Crippen molar-refractivity contribution in [1.82, 2.24) is 25.1 Å². The Balaban J connectivity index is 1.66. The fraction of sp³-hybridized carbons (Fsp3) is 0.489. The van der Waals surface area contributed by atoms with Crippen LogP contribution < -0.4 is 10.6 Å². The largest absolute Gasteiger partial charge is 0.387 e. The molecule has 4 unspecified atom stereocenters. The van der Waals surface area contributed by atoms with E-state index in [2.05, 4.69) is 134 Å². The average molecular weight is 763 g/mol. The van der Waals surface area contributed by atoms with Gasteiger partial charge in [0.25, 0.3) is 0 Å². The maximum atomic E-state index is 12.5. The van der Waals surface area contributed by atoms with Crippen molar-refractivity contribution in [3.05, 3.63) is 107 Å². The zero-order chi connectivity index (χ0) is 41.0. The number of nitrogens with zero attached hydrogens (tertiary/aromatic N) is 4. The molecule has 2 heterocycles. The van der Waals surface area contributed by atoms with Gasteiger partial charge in [-0.1, -0.05) is 82.8 Å². The summed E-state index contributed by atoms with van der Waals surface area (Å²) in [5.74, 6) is 0.697. The molecule has 9 nitrogen and oxygen atoms in total. The second kappa shape index (κ2) is 20.6. The number of rotatable bonds is 24. The van der Waals surface area contributed by atoms with E-state index in [1.807, 2.05) is 18.2 Å². The Morgan fingerprint density at radius 1 is 1.09 bits per heavy atom. The Kier molecular flexibility index (Phi) is 16.3. The Labute approximate surface area is 335 Å². The van der Waals surface area contributed by atoms with Gasteiger partial charge >= 0.3 is 0 Å². The van der Waals surface area contributed by atoms with Crippen molar-refractivity contribution in [3.63, 3.8) is 0 Å². The fourth-order valence-corrected chi connectivity index (χ4v) is 8.19. The first kappa shape index (κ1) is 44.3. The molecule has 0 fully saturated rings. The molecular formula is C47H66N6O3. The number of fused-ring (bicyclic) bond motifs is 1. The molecule has 0 spiro atoms. The summed E-state index contributed by atoms with van der Waals surface area (Å²) in [7, 11) is 2.14. The molecule has 0 saturated carbocycles. The highest BCUT2D eigenvalue weighted by Crippen LogP contribution is 2.42. The highest BCUT2D eigenvalue weighted by Gasteiger charge is 2.28. The first-order valence-electron chi connectivity index (χ1n) is 20.4. The zero-order valence-electron chi connectivity index (χ0n) is 35.1. The van der Waals surface area contributed by atoms with E-state index in [-0.39, 0.29) is 18.0 Å². The van der Waals surface area contributed by atoms with Gasteiger partial charge in [0, 0.05) is 41.4 Å². The van der Waals surface area contributed by atoms with Gasteiger partial charge in [-0.05, 0) is 123 Å². The van der Waals surface area contributed by atoms with E-state index in [1.54, 1.807) is 13.1 Å². The minimum Gasteiger partial charge on any atom is -0.387 e. The molecule has 0 saturated heterocycles. The number of carbonyl (C=O) groups is 1. The first-order chi connectivity index (χ1) is 26.8. The van der Waals surface area contributed by atoms with Crippen LogP contribution >= 0.6 is 0 Å². The van der Waals surface area contributed by atoms with Gasteiger partial charge in [-0.2, -0.15) is 4.91 Å². The molecule has 0 amide bonds. The summed E-state index contributed by atoms with van der Waals surface area (Å²) in [5.41, 5.74) is 8.70. The number of nitrogens with one attached hydrogen (secondary N) is 2. The van der Waals surface area contributed by atoms with E-state index in [1.165, 1.54) is 0 Å².